The largest absolute Gasteiger partial charge is 0.481 e. The van der Waals surface area contributed by atoms with Crippen molar-refractivity contribution in [2.75, 3.05) is 32.7 Å². The zero-order chi connectivity index (χ0) is 17.6. The zero-order valence-electron chi connectivity index (χ0n) is 14.0. The van der Waals surface area contributed by atoms with Crippen LogP contribution in [0.3, 0.4) is 0 Å². The zero-order valence-corrected chi connectivity index (χ0v) is 14.0. The monoisotopic (exact) mass is 345 g/mol. The molecule has 3 heterocycles. The molecule has 0 saturated carbocycles. The lowest BCUT2D eigenvalue weighted by atomic mass is 10.1. The summed E-state index contributed by atoms with van der Waals surface area (Å²) in [4.78, 5) is 27.4. The first-order chi connectivity index (χ1) is 12.2. The third-order valence-electron chi connectivity index (χ3n) is 3.58. The summed E-state index contributed by atoms with van der Waals surface area (Å²) in [6.07, 6.45) is 8.28. The highest BCUT2D eigenvalue weighted by molar-refractivity contribution is 5.88. The Balaban J connectivity index is 1.69. The summed E-state index contributed by atoms with van der Waals surface area (Å²) in [6.45, 7) is 1.03. The van der Waals surface area contributed by atoms with E-state index in [9.17, 15) is 4.79 Å². The van der Waals surface area contributed by atoms with Crippen LogP contribution >= 0.6 is 0 Å². The van der Waals surface area contributed by atoms with Crippen LogP contribution in [0.4, 0.5) is 10.7 Å². The highest BCUT2D eigenvalue weighted by Gasteiger charge is 2.20. The number of urea groups is 1. The van der Waals surface area contributed by atoms with Crippen molar-refractivity contribution in [2.45, 2.75) is 6.42 Å². The van der Waals surface area contributed by atoms with Gasteiger partial charge in [0.1, 0.15) is 0 Å². The van der Waals surface area contributed by atoms with Crippen molar-refractivity contribution in [3.05, 3.63) is 41.8 Å². The molecule has 9 heteroatoms. The molecule has 0 spiro atoms. The predicted octanol–water partition coefficient (Wildman–Crippen LogP) is 1.59. The van der Waals surface area contributed by atoms with Gasteiger partial charge in [0.15, 0.2) is 0 Å². The number of amides is 2. The number of ether oxygens (including phenoxy) is 2. The first-order valence-electron chi connectivity index (χ1n) is 7.70. The maximum atomic E-state index is 12.5. The number of carbonyl (C=O) groups is 1. The molecule has 1 aromatic rings. The van der Waals surface area contributed by atoms with Gasteiger partial charge < -0.3 is 9.47 Å². The molecule has 1 aromatic heterocycles. The smallest absolute Gasteiger partial charge is 0.328 e. The molecule has 0 fully saturated rings. The van der Waals surface area contributed by atoms with Crippen LogP contribution in [-0.4, -0.2) is 48.3 Å². The Morgan fingerprint density at radius 3 is 2.72 bits per heavy atom. The Kier molecular flexibility index (Phi) is 5.14. The average Bonchev–Trinajstić information content (AvgIpc) is 2.68. The SMILES string of the molecule is COc1cc(OC)nc(NC(=O)N2C=CC=C(C3=CCCON3)C2)n1. The molecule has 2 aliphatic heterocycles. The fourth-order valence-corrected chi connectivity index (χ4v) is 2.33. The van der Waals surface area contributed by atoms with Crippen LogP contribution in [0.5, 0.6) is 11.8 Å². The number of aromatic nitrogens is 2. The van der Waals surface area contributed by atoms with Gasteiger partial charge in [0, 0.05) is 6.20 Å². The molecule has 2 N–H and O–H groups in total. The average molecular weight is 345 g/mol. The molecule has 0 aliphatic carbocycles. The van der Waals surface area contributed by atoms with Gasteiger partial charge in [-0.25, -0.2) is 4.79 Å². The van der Waals surface area contributed by atoms with Gasteiger partial charge in [-0.15, -0.1) is 0 Å². The summed E-state index contributed by atoms with van der Waals surface area (Å²) in [7, 11) is 2.95. The van der Waals surface area contributed by atoms with Gasteiger partial charge in [-0.05, 0) is 18.1 Å². The fourth-order valence-electron chi connectivity index (χ4n) is 2.33. The summed E-state index contributed by atoms with van der Waals surface area (Å²) < 4.78 is 10.1. The van der Waals surface area contributed by atoms with Crippen molar-refractivity contribution in [2.24, 2.45) is 0 Å². The number of hydrogen-bond acceptors (Lipinski definition) is 7. The van der Waals surface area contributed by atoms with Crippen LogP contribution in [0.15, 0.2) is 41.8 Å². The molecule has 3 rings (SSSR count). The van der Waals surface area contributed by atoms with Crippen LogP contribution in [0.1, 0.15) is 6.42 Å². The minimum atomic E-state index is -0.366. The molecule has 132 valence electrons. The molecule has 0 bridgehead atoms. The maximum absolute atomic E-state index is 12.5. The van der Waals surface area contributed by atoms with E-state index in [2.05, 4.69) is 20.8 Å². The van der Waals surface area contributed by atoms with Gasteiger partial charge in [-0.2, -0.15) is 9.97 Å². The fraction of sp³-hybridized carbons (Fsp3) is 0.312. The first-order valence-corrected chi connectivity index (χ1v) is 7.70. The number of allylic oxidation sites excluding steroid dienone is 2. The molecule has 0 atom stereocenters. The van der Waals surface area contributed by atoms with E-state index in [-0.39, 0.29) is 12.0 Å². The molecule has 0 radical (unpaired) electrons. The van der Waals surface area contributed by atoms with E-state index >= 15 is 0 Å². The summed E-state index contributed by atoms with van der Waals surface area (Å²) >= 11 is 0. The lowest BCUT2D eigenvalue weighted by Crippen LogP contribution is -2.35. The van der Waals surface area contributed by atoms with Crippen LogP contribution in [-0.2, 0) is 4.84 Å². The summed E-state index contributed by atoms with van der Waals surface area (Å²) in [6, 6.07) is 1.16. The lowest BCUT2D eigenvalue weighted by Gasteiger charge is -2.25. The number of methoxy groups -OCH3 is 2. The van der Waals surface area contributed by atoms with Gasteiger partial charge in [0.25, 0.3) is 0 Å². The van der Waals surface area contributed by atoms with E-state index in [1.54, 1.807) is 12.3 Å². The second kappa shape index (κ2) is 7.67. The molecule has 0 aromatic carbocycles. The number of hydrogen-bond donors (Lipinski definition) is 2. The summed E-state index contributed by atoms with van der Waals surface area (Å²) in [5.74, 6) is 0.695. The van der Waals surface area contributed by atoms with E-state index in [0.717, 1.165) is 17.7 Å². The van der Waals surface area contributed by atoms with Crippen molar-refractivity contribution >= 4 is 12.0 Å². The molecular formula is C16H19N5O4. The Hall–Kier alpha value is -3.07. The minimum Gasteiger partial charge on any atom is -0.481 e. The quantitative estimate of drug-likeness (QED) is 0.855. The maximum Gasteiger partial charge on any atom is 0.328 e. The van der Waals surface area contributed by atoms with Crippen LogP contribution in [0.25, 0.3) is 0 Å². The number of nitrogens with zero attached hydrogens (tertiary/aromatic N) is 3. The number of rotatable bonds is 4. The summed E-state index contributed by atoms with van der Waals surface area (Å²) in [5.41, 5.74) is 4.68. The third-order valence-corrected chi connectivity index (χ3v) is 3.58. The number of nitrogens with one attached hydrogen (secondary N) is 2. The number of carbonyl (C=O) groups excluding carboxylic acids is 1. The molecule has 0 saturated heterocycles. The lowest BCUT2D eigenvalue weighted by molar-refractivity contribution is 0.0571. The van der Waals surface area contributed by atoms with Gasteiger partial charge in [-0.1, -0.05) is 12.2 Å². The van der Waals surface area contributed by atoms with E-state index in [4.69, 9.17) is 14.3 Å². The Bertz CT molecular complexity index is 722. The van der Waals surface area contributed by atoms with E-state index in [1.165, 1.54) is 25.2 Å². The molecule has 0 unspecified atom stereocenters. The van der Waals surface area contributed by atoms with Crippen molar-refractivity contribution in [3.8, 4) is 11.8 Å². The Morgan fingerprint density at radius 2 is 2.08 bits per heavy atom. The molecule has 2 aliphatic rings. The molecule has 25 heavy (non-hydrogen) atoms. The van der Waals surface area contributed by atoms with Crippen molar-refractivity contribution < 1.29 is 19.1 Å². The van der Waals surface area contributed by atoms with E-state index in [0.29, 0.717) is 24.9 Å². The topological polar surface area (TPSA) is 97.8 Å². The van der Waals surface area contributed by atoms with Gasteiger partial charge in [-0.3, -0.25) is 20.5 Å². The van der Waals surface area contributed by atoms with Crippen molar-refractivity contribution in [1.82, 2.24) is 20.3 Å². The minimum absolute atomic E-state index is 0.101. The van der Waals surface area contributed by atoms with Crippen LogP contribution in [0.2, 0.25) is 0 Å². The van der Waals surface area contributed by atoms with E-state index < -0.39 is 0 Å². The highest BCUT2D eigenvalue weighted by atomic mass is 16.6. The Morgan fingerprint density at radius 1 is 1.32 bits per heavy atom. The highest BCUT2D eigenvalue weighted by Crippen LogP contribution is 2.20. The van der Waals surface area contributed by atoms with Crippen LogP contribution < -0.4 is 20.3 Å². The number of anilines is 1. The van der Waals surface area contributed by atoms with Gasteiger partial charge >= 0.3 is 6.03 Å². The van der Waals surface area contributed by atoms with E-state index in [1.807, 2.05) is 12.2 Å². The Labute approximate surface area is 144 Å². The molecular weight excluding hydrogens is 326 g/mol. The predicted molar refractivity (Wildman–Crippen MR) is 89.9 cm³/mol. The second-order valence-corrected chi connectivity index (χ2v) is 5.22. The first kappa shape index (κ1) is 16.8. The second-order valence-electron chi connectivity index (χ2n) is 5.22. The summed E-state index contributed by atoms with van der Waals surface area (Å²) in [5, 5.41) is 2.64. The molecule has 9 nitrogen and oxygen atoms in total. The third kappa shape index (κ3) is 4.07. The number of hydroxylamine groups is 1. The van der Waals surface area contributed by atoms with Crippen LogP contribution in [0, 0.1) is 0 Å². The molecule has 2 amide bonds. The van der Waals surface area contributed by atoms with Gasteiger partial charge in [0.05, 0.1) is 39.1 Å². The standard InChI is InChI=1S/C16H19N5O4/c1-23-13-9-14(24-2)18-15(17-13)19-16(22)21-7-3-5-11(10-21)12-6-4-8-25-20-12/h3,5-7,9,20H,4,8,10H2,1-2H3,(H,17,18,19,22). The van der Waals surface area contributed by atoms with Crippen molar-refractivity contribution in [3.63, 3.8) is 0 Å². The van der Waals surface area contributed by atoms with Gasteiger partial charge in [0.2, 0.25) is 17.7 Å². The normalized spacial score (nSPS) is 16.5. The van der Waals surface area contributed by atoms with Crippen molar-refractivity contribution in [1.29, 1.82) is 0 Å².